The Hall–Kier alpha value is 0.250. The van der Waals surface area contributed by atoms with E-state index in [0.29, 0.717) is 12.3 Å². The zero-order valence-corrected chi connectivity index (χ0v) is 6.17. The summed E-state index contributed by atoms with van der Waals surface area (Å²) < 4.78 is 0. The molecule has 0 rings (SSSR count). The summed E-state index contributed by atoms with van der Waals surface area (Å²) in [7, 11) is 0. The number of Topliss-reactive ketones (excluding diaryl/α,β-unsaturated/α-hetero) is 1. The molecule has 0 aromatic carbocycles. The van der Waals surface area contributed by atoms with Gasteiger partial charge in [0.1, 0.15) is 5.78 Å². The highest BCUT2D eigenvalue weighted by Crippen LogP contribution is 2.03. The van der Waals surface area contributed by atoms with Crippen molar-refractivity contribution in [3.8, 4) is 0 Å². The molecule has 3 heteroatoms. The van der Waals surface area contributed by atoms with Crippen LogP contribution >= 0.6 is 23.2 Å². The van der Waals surface area contributed by atoms with Crippen molar-refractivity contribution in [3.05, 3.63) is 0 Å². The number of alkyl halides is 2. The third-order valence-corrected chi connectivity index (χ3v) is 1.55. The summed E-state index contributed by atoms with van der Waals surface area (Å²) in [5.41, 5.74) is 0. The quantitative estimate of drug-likeness (QED) is 0.568. The van der Waals surface area contributed by atoms with Crippen LogP contribution in [0.4, 0.5) is 0 Å². The van der Waals surface area contributed by atoms with Gasteiger partial charge in [-0.2, -0.15) is 0 Å². The van der Waals surface area contributed by atoms with E-state index in [9.17, 15) is 4.79 Å². The van der Waals surface area contributed by atoms with E-state index in [2.05, 4.69) is 0 Å². The number of ketones is 1. The summed E-state index contributed by atoms with van der Waals surface area (Å²) in [4.78, 5) is 10.3. The molecule has 0 heterocycles. The van der Waals surface area contributed by atoms with E-state index in [1.165, 1.54) is 6.92 Å². The zero-order valence-electron chi connectivity index (χ0n) is 4.66. The average Bonchev–Trinajstić information content (AvgIpc) is 1.67. The molecule has 0 aromatic rings. The fourth-order valence-electron chi connectivity index (χ4n) is 0.299. The number of halogens is 2. The van der Waals surface area contributed by atoms with Crippen LogP contribution in [0.25, 0.3) is 0 Å². The van der Waals surface area contributed by atoms with E-state index < -0.39 is 0 Å². The predicted molar refractivity (Wildman–Crippen MR) is 35.7 cm³/mol. The molecule has 1 nitrogen and oxygen atoms in total. The Bertz CT molecular complexity index is 82.5. The predicted octanol–water partition coefficient (Wildman–Crippen LogP) is 1.81. The largest absolute Gasteiger partial charge is 0.298 e. The van der Waals surface area contributed by atoms with E-state index in [1.807, 2.05) is 0 Å². The van der Waals surface area contributed by atoms with Crippen LogP contribution in [0.5, 0.6) is 0 Å². The van der Waals surface area contributed by atoms with Gasteiger partial charge in [0.15, 0.2) is 0 Å². The Morgan fingerprint density at radius 2 is 2.25 bits per heavy atom. The molecule has 0 aromatic heterocycles. The Kier molecular flexibility index (Phi) is 4.29. The lowest BCUT2D eigenvalue weighted by Crippen LogP contribution is -2.09. The van der Waals surface area contributed by atoms with E-state index >= 15 is 0 Å². The monoisotopic (exact) mass is 154 g/mol. The van der Waals surface area contributed by atoms with Crippen LogP contribution in [-0.2, 0) is 4.79 Å². The number of rotatable bonds is 3. The van der Waals surface area contributed by atoms with Gasteiger partial charge in [0, 0.05) is 5.88 Å². The molecule has 0 saturated carbocycles. The molecular weight excluding hydrogens is 147 g/mol. The highest BCUT2D eigenvalue weighted by molar-refractivity contribution is 6.31. The van der Waals surface area contributed by atoms with Crippen molar-refractivity contribution in [3.63, 3.8) is 0 Å². The van der Waals surface area contributed by atoms with Crippen LogP contribution in [0.1, 0.15) is 13.3 Å². The Balaban J connectivity index is 3.32. The molecule has 1 atom stereocenters. The maximum absolute atomic E-state index is 10.3. The number of carbonyl (C=O) groups excluding carboxylic acids is 1. The number of hydrogen-bond acceptors (Lipinski definition) is 1. The first-order valence-electron chi connectivity index (χ1n) is 2.39. The fourth-order valence-corrected chi connectivity index (χ4v) is 0.738. The van der Waals surface area contributed by atoms with Gasteiger partial charge in [-0.25, -0.2) is 0 Å². The molecule has 8 heavy (non-hydrogen) atoms. The highest BCUT2D eigenvalue weighted by Gasteiger charge is 2.07. The third-order valence-electron chi connectivity index (χ3n) is 0.804. The first kappa shape index (κ1) is 8.25. The smallest absolute Gasteiger partial charge is 0.147 e. The van der Waals surface area contributed by atoms with Crippen LogP contribution in [0.15, 0.2) is 0 Å². The van der Waals surface area contributed by atoms with Crippen LogP contribution in [0.2, 0.25) is 0 Å². The first-order valence-corrected chi connectivity index (χ1v) is 3.36. The molecule has 0 fully saturated rings. The van der Waals surface area contributed by atoms with Gasteiger partial charge in [-0.05, 0) is 13.3 Å². The second-order valence-electron chi connectivity index (χ2n) is 1.56. The molecule has 0 spiro atoms. The van der Waals surface area contributed by atoms with Crippen molar-refractivity contribution < 1.29 is 4.79 Å². The number of hydrogen-bond donors (Lipinski definition) is 0. The summed E-state index contributed by atoms with van der Waals surface area (Å²) in [6.07, 6.45) is 0.568. The zero-order chi connectivity index (χ0) is 6.57. The highest BCUT2D eigenvalue weighted by atomic mass is 35.5. The Morgan fingerprint density at radius 3 is 2.38 bits per heavy atom. The Labute approximate surface area is 59.0 Å². The third kappa shape index (κ3) is 3.28. The lowest BCUT2D eigenvalue weighted by molar-refractivity contribution is -0.116. The van der Waals surface area contributed by atoms with E-state index in [-0.39, 0.29) is 11.2 Å². The van der Waals surface area contributed by atoms with Crippen molar-refractivity contribution >= 4 is 29.0 Å². The van der Waals surface area contributed by atoms with Crippen LogP contribution in [0, 0.1) is 0 Å². The minimum atomic E-state index is -0.382. The van der Waals surface area contributed by atoms with Crippen molar-refractivity contribution in [1.29, 1.82) is 0 Å². The maximum atomic E-state index is 10.3. The van der Waals surface area contributed by atoms with Crippen LogP contribution < -0.4 is 0 Å². The van der Waals surface area contributed by atoms with E-state index in [1.54, 1.807) is 0 Å². The minimum absolute atomic E-state index is 0.00711. The normalized spacial score (nSPS) is 13.4. The molecule has 0 amide bonds. The van der Waals surface area contributed by atoms with Gasteiger partial charge in [-0.3, -0.25) is 4.79 Å². The summed E-state index contributed by atoms with van der Waals surface area (Å²) in [5.74, 6) is 0.445. The maximum Gasteiger partial charge on any atom is 0.147 e. The standard InChI is InChI=1S/C5H8Cl2O/c1-4(8)5(7)2-3-6/h5H,2-3H2,1H3/t5-/m1/s1. The van der Waals surface area contributed by atoms with E-state index in [4.69, 9.17) is 23.2 Å². The van der Waals surface area contributed by atoms with Gasteiger partial charge >= 0.3 is 0 Å². The first-order chi connectivity index (χ1) is 3.68. The minimum Gasteiger partial charge on any atom is -0.298 e. The molecule has 0 radical (unpaired) electrons. The van der Waals surface area contributed by atoms with Crippen molar-refractivity contribution in [2.24, 2.45) is 0 Å². The van der Waals surface area contributed by atoms with Gasteiger partial charge in [-0.1, -0.05) is 0 Å². The van der Waals surface area contributed by atoms with Gasteiger partial charge < -0.3 is 0 Å². The molecule has 0 saturated heterocycles. The van der Waals surface area contributed by atoms with Crippen LogP contribution in [-0.4, -0.2) is 17.0 Å². The summed E-state index contributed by atoms with van der Waals surface area (Å²) in [5, 5.41) is -0.382. The second kappa shape index (κ2) is 4.16. The van der Waals surface area contributed by atoms with Crippen molar-refractivity contribution in [1.82, 2.24) is 0 Å². The topological polar surface area (TPSA) is 17.1 Å². The molecule has 0 N–H and O–H groups in total. The Morgan fingerprint density at radius 1 is 1.75 bits per heavy atom. The van der Waals surface area contributed by atoms with Crippen molar-refractivity contribution in [2.45, 2.75) is 18.7 Å². The molecule has 0 aliphatic carbocycles. The van der Waals surface area contributed by atoms with Gasteiger partial charge in [0.25, 0.3) is 0 Å². The summed E-state index contributed by atoms with van der Waals surface area (Å²) >= 11 is 10.8. The van der Waals surface area contributed by atoms with Crippen LogP contribution in [0.3, 0.4) is 0 Å². The van der Waals surface area contributed by atoms with Gasteiger partial charge in [0.05, 0.1) is 5.38 Å². The SMILES string of the molecule is CC(=O)[C@H](Cl)CCCl. The molecule has 0 bridgehead atoms. The molecule has 48 valence electrons. The summed E-state index contributed by atoms with van der Waals surface area (Å²) in [6.45, 7) is 1.46. The lowest BCUT2D eigenvalue weighted by Gasteiger charge is -1.98. The van der Waals surface area contributed by atoms with E-state index in [0.717, 1.165) is 0 Å². The average molecular weight is 155 g/mol. The lowest BCUT2D eigenvalue weighted by atomic mass is 10.2. The second-order valence-corrected chi connectivity index (χ2v) is 2.46. The fraction of sp³-hybridized carbons (Fsp3) is 0.800. The molecule has 0 aliphatic rings. The van der Waals surface area contributed by atoms with Gasteiger partial charge in [-0.15, -0.1) is 23.2 Å². The molecular formula is C5H8Cl2O. The number of carbonyl (C=O) groups is 1. The summed E-state index contributed by atoms with van der Waals surface area (Å²) in [6, 6.07) is 0. The van der Waals surface area contributed by atoms with Crippen molar-refractivity contribution in [2.75, 3.05) is 5.88 Å². The molecule has 0 aliphatic heterocycles. The van der Waals surface area contributed by atoms with Gasteiger partial charge in [0.2, 0.25) is 0 Å². The molecule has 0 unspecified atom stereocenters.